The molecule has 0 bridgehead atoms. The molecule has 2 aromatic carbocycles. The maximum atomic E-state index is 13.3. The molecule has 0 saturated heterocycles. The minimum Gasteiger partial charge on any atom is -0.487 e. The van der Waals surface area contributed by atoms with Crippen LogP contribution in [0.4, 0.5) is 5.69 Å². The van der Waals surface area contributed by atoms with Gasteiger partial charge in [-0.2, -0.15) is 0 Å². The Morgan fingerprint density at radius 3 is 2.72 bits per heavy atom. The number of para-hydroxylation sites is 2. The number of ether oxygens (including phenoxy) is 1. The lowest BCUT2D eigenvalue weighted by Crippen LogP contribution is -2.30. The van der Waals surface area contributed by atoms with Crippen molar-refractivity contribution >= 4 is 55.3 Å². The average Bonchev–Trinajstić information content (AvgIpc) is 3.64. The van der Waals surface area contributed by atoms with Gasteiger partial charge >= 0.3 is 5.97 Å². The Balaban J connectivity index is 1.43. The number of hydrogen-bond donors (Lipinski definition) is 2. The zero-order chi connectivity index (χ0) is 25.3. The number of aromatic amines is 1. The molecule has 0 saturated carbocycles. The van der Waals surface area contributed by atoms with Gasteiger partial charge in [0.15, 0.2) is 0 Å². The highest BCUT2D eigenvalue weighted by atomic mass is 32.2. The number of carboxylic acid groups (broad SMARTS) is 1. The Morgan fingerprint density at radius 1 is 1.14 bits per heavy atom. The summed E-state index contributed by atoms with van der Waals surface area (Å²) >= 11 is 2.60. The number of nitrogens with one attached hydrogen (secondary N) is 1. The summed E-state index contributed by atoms with van der Waals surface area (Å²) in [6, 6.07) is 17.3. The molecule has 36 heavy (non-hydrogen) atoms. The Kier molecular flexibility index (Phi) is 6.52. The van der Waals surface area contributed by atoms with Gasteiger partial charge in [-0.3, -0.25) is 4.31 Å². The van der Waals surface area contributed by atoms with E-state index in [2.05, 4.69) is 9.97 Å². The van der Waals surface area contributed by atoms with E-state index in [9.17, 15) is 18.3 Å². The zero-order valence-electron chi connectivity index (χ0n) is 19.0. The molecule has 0 aliphatic heterocycles. The van der Waals surface area contributed by atoms with E-state index in [1.165, 1.54) is 33.0 Å². The van der Waals surface area contributed by atoms with Crippen LogP contribution in [0.3, 0.4) is 0 Å². The molecular weight excluding hydrogens is 518 g/mol. The standard InChI is InChI=1S/C25H21N3O5S3/c1-2-28(36(31,32)22-11-6-12-34-22)20-9-5-7-16-13-19(27-23(16)20)24-26-14-17(35-24)15-33-21-10-4-3-8-18(21)25(29)30/h3-14,27H,2,15H2,1H3,(H,29,30). The van der Waals surface area contributed by atoms with Crippen molar-refractivity contribution < 1.29 is 23.1 Å². The van der Waals surface area contributed by atoms with Gasteiger partial charge in [0.05, 0.1) is 21.8 Å². The largest absolute Gasteiger partial charge is 0.487 e. The Hall–Kier alpha value is -3.67. The van der Waals surface area contributed by atoms with Crippen molar-refractivity contribution in [3.63, 3.8) is 0 Å². The van der Waals surface area contributed by atoms with E-state index >= 15 is 0 Å². The predicted molar refractivity (Wildman–Crippen MR) is 142 cm³/mol. The minimum atomic E-state index is -3.69. The third-order valence-electron chi connectivity index (χ3n) is 5.50. The van der Waals surface area contributed by atoms with Gasteiger partial charge in [-0.05, 0) is 42.6 Å². The SMILES string of the molecule is CCN(c1cccc2cc(-c3ncc(COc4ccccc4C(=O)O)s3)[nH]c12)S(=O)(=O)c1cccs1. The normalized spacial score (nSPS) is 11.6. The fourth-order valence-electron chi connectivity index (χ4n) is 3.87. The fourth-order valence-corrected chi connectivity index (χ4v) is 7.26. The lowest BCUT2D eigenvalue weighted by Gasteiger charge is -2.22. The van der Waals surface area contributed by atoms with E-state index in [4.69, 9.17) is 4.74 Å². The van der Waals surface area contributed by atoms with Crippen molar-refractivity contribution in [3.8, 4) is 16.5 Å². The molecule has 0 unspecified atom stereocenters. The van der Waals surface area contributed by atoms with Gasteiger partial charge in [-0.15, -0.1) is 22.7 Å². The zero-order valence-corrected chi connectivity index (χ0v) is 21.5. The van der Waals surface area contributed by atoms with Crippen molar-refractivity contribution in [2.24, 2.45) is 0 Å². The number of sulfonamides is 1. The van der Waals surface area contributed by atoms with Crippen LogP contribution in [-0.2, 0) is 16.6 Å². The van der Waals surface area contributed by atoms with E-state index in [0.717, 1.165) is 16.0 Å². The van der Waals surface area contributed by atoms with Crippen LogP contribution < -0.4 is 9.04 Å². The van der Waals surface area contributed by atoms with Crippen LogP contribution in [-0.4, -0.2) is 36.0 Å². The number of fused-ring (bicyclic) bond motifs is 1. The summed E-state index contributed by atoms with van der Waals surface area (Å²) in [7, 11) is -3.69. The summed E-state index contributed by atoms with van der Waals surface area (Å²) in [6.45, 7) is 2.27. The Bertz CT molecular complexity index is 1640. The number of nitrogens with zero attached hydrogens (tertiary/aromatic N) is 2. The third kappa shape index (κ3) is 4.48. The van der Waals surface area contributed by atoms with Crippen LogP contribution in [0.25, 0.3) is 21.6 Å². The number of thiophene rings is 1. The molecule has 184 valence electrons. The van der Waals surface area contributed by atoms with Crippen molar-refractivity contribution in [2.45, 2.75) is 17.7 Å². The first-order valence-electron chi connectivity index (χ1n) is 11.0. The number of carboxylic acids is 1. The van der Waals surface area contributed by atoms with E-state index in [1.807, 2.05) is 25.1 Å². The van der Waals surface area contributed by atoms with Crippen molar-refractivity contribution in [1.29, 1.82) is 0 Å². The van der Waals surface area contributed by atoms with E-state index in [-0.39, 0.29) is 18.7 Å². The van der Waals surface area contributed by atoms with Crippen molar-refractivity contribution in [2.75, 3.05) is 10.8 Å². The summed E-state index contributed by atoms with van der Waals surface area (Å²) in [5, 5.41) is 12.7. The number of hydrogen-bond acceptors (Lipinski definition) is 7. The number of H-pyrrole nitrogens is 1. The first kappa shape index (κ1) is 24.0. The van der Waals surface area contributed by atoms with E-state index in [0.29, 0.717) is 26.2 Å². The average molecular weight is 540 g/mol. The second-order valence-corrected chi connectivity index (χ2v) is 11.9. The molecule has 0 radical (unpaired) electrons. The lowest BCUT2D eigenvalue weighted by atomic mass is 10.2. The molecule has 5 rings (SSSR count). The monoisotopic (exact) mass is 539 g/mol. The van der Waals surface area contributed by atoms with Crippen LogP contribution in [0.2, 0.25) is 0 Å². The quantitative estimate of drug-likeness (QED) is 0.243. The molecule has 2 N–H and O–H groups in total. The summed E-state index contributed by atoms with van der Waals surface area (Å²) in [5.74, 6) is -0.756. The molecule has 0 atom stereocenters. The minimum absolute atomic E-state index is 0.100. The van der Waals surface area contributed by atoms with Gasteiger partial charge < -0.3 is 14.8 Å². The molecular formula is C25H21N3O5S3. The van der Waals surface area contributed by atoms with Gasteiger partial charge in [-0.25, -0.2) is 18.2 Å². The molecule has 0 fully saturated rings. The second kappa shape index (κ2) is 9.76. The predicted octanol–water partition coefficient (Wildman–Crippen LogP) is 5.85. The maximum absolute atomic E-state index is 13.3. The maximum Gasteiger partial charge on any atom is 0.339 e. The fraction of sp³-hybridized carbons (Fsp3) is 0.120. The van der Waals surface area contributed by atoms with Crippen molar-refractivity contribution in [3.05, 3.63) is 82.7 Å². The molecule has 3 aromatic heterocycles. The molecule has 0 aliphatic rings. The number of aromatic nitrogens is 2. The molecule has 0 aliphatic carbocycles. The van der Waals surface area contributed by atoms with E-state index in [1.54, 1.807) is 48.0 Å². The van der Waals surface area contributed by atoms with Crippen LogP contribution in [0.1, 0.15) is 22.2 Å². The van der Waals surface area contributed by atoms with Gasteiger partial charge in [0.1, 0.15) is 27.1 Å². The molecule has 11 heteroatoms. The molecule has 0 amide bonds. The molecule has 5 aromatic rings. The Morgan fingerprint density at radius 2 is 1.97 bits per heavy atom. The Labute approximate surface area is 215 Å². The van der Waals surface area contributed by atoms with Gasteiger partial charge in [0.2, 0.25) is 0 Å². The van der Waals surface area contributed by atoms with Crippen LogP contribution >= 0.6 is 22.7 Å². The summed E-state index contributed by atoms with van der Waals surface area (Å²) in [4.78, 5) is 20.1. The smallest absolute Gasteiger partial charge is 0.339 e. The molecule has 0 spiro atoms. The first-order valence-corrected chi connectivity index (χ1v) is 14.1. The lowest BCUT2D eigenvalue weighted by molar-refractivity contribution is 0.0692. The van der Waals surface area contributed by atoms with E-state index < -0.39 is 16.0 Å². The third-order valence-corrected chi connectivity index (χ3v) is 9.77. The van der Waals surface area contributed by atoms with Gasteiger partial charge in [-0.1, -0.05) is 30.3 Å². The number of thiazole rings is 1. The topological polar surface area (TPSA) is 113 Å². The number of aromatic carboxylic acids is 1. The first-order chi connectivity index (χ1) is 17.4. The van der Waals surface area contributed by atoms with Crippen LogP contribution in [0.5, 0.6) is 5.75 Å². The van der Waals surface area contributed by atoms with Crippen LogP contribution in [0, 0.1) is 0 Å². The van der Waals surface area contributed by atoms with Crippen LogP contribution in [0.15, 0.2) is 76.4 Å². The number of benzene rings is 2. The highest BCUT2D eigenvalue weighted by molar-refractivity contribution is 7.94. The number of anilines is 1. The summed E-state index contributed by atoms with van der Waals surface area (Å²) in [6.07, 6.45) is 1.69. The highest BCUT2D eigenvalue weighted by Crippen LogP contribution is 2.35. The molecule has 8 nitrogen and oxygen atoms in total. The van der Waals surface area contributed by atoms with Crippen molar-refractivity contribution in [1.82, 2.24) is 9.97 Å². The summed E-state index contributed by atoms with van der Waals surface area (Å²) in [5.41, 5.74) is 2.13. The highest BCUT2D eigenvalue weighted by Gasteiger charge is 2.26. The summed E-state index contributed by atoms with van der Waals surface area (Å²) < 4.78 is 34.0. The van der Waals surface area contributed by atoms with Gasteiger partial charge in [0, 0.05) is 18.1 Å². The number of rotatable bonds is 9. The number of carbonyl (C=O) groups is 1. The molecule has 3 heterocycles. The van der Waals surface area contributed by atoms with Gasteiger partial charge in [0.25, 0.3) is 10.0 Å². The second-order valence-electron chi connectivity index (χ2n) is 7.75.